The third-order valence-corrected chi connectivity index (χ3v) is 11.4. The van der Waals surface area contributed by atoms with Crippen LogP contribution in [0.3, 0.4) is 0 Å². The lowest BCUT2D eigenvalue weighted by Crippen LogP contribution is -1.92. The Morgan fingerprint density at radius 3 is 1.57 bits per heavy atom. The molecule has 8 nitrogen and oxygen atoms in total. The van der Waals surface area contributed by atoms with Crippen LogP contribution in [0.4, 0.5) is 0 Å². The van der Waals surface area contributed by atoms with Gasteiger partial charge in [0, 0.05) is 74.3 Å². The number of rotatable bonds is 4. The first-order valence-corrected chi connectivity index (χ1v) is 21.3. The van der Waals surface area contributed by atoms with Crippen molar-refractivity contribution in [1.82, 2.24) is 28.7 Å². The normalized spacial score (nSPS) is 11.2. The van der Waals surface area contributed by atoms with E-state index in [0.29, 0.717) is 0 Å². The minimum Gasteiger partial charge on any atom is -0.508 e. The monoisotopic (exact) mass is 882 g/mol. The quantitative estimate of drug-likeness (QED) is 0.177. The molecule has 0 aliphatic carbocycles. The molecule has 0 unspecified atom stereocenters. The zero-order valence-corrected chi connectivity index (χ0v) is 36.0. The second-order valence-electron chi connectivity index (χ2n) is 15.3. The van der Waals surface area contributed by atoms with E-state index in [9.17, 15) is 5.11 Å². The van der Waals surface area contributed by atoms with Gasteiger partial charge in [0.25, 0.3) is 0 Å². The van der Waals surface area contributed by atoms with Gasteiger partial charge in [-0.25, -0.2) is 9.97 Å². The number of para-hydroxylation sites is 2. The molecule has 0 saturated carbocycles. The maximum absolute atomic E-state index is 9.66. The summed E-state index contributed by atoms with van der Waals surface area (Å²) in [5.41, 5.74) is 10.6. The van der Waals surface area contributed by atoms with Crippen LogP contribution in [-0.4, -0.2) is 33.8 Å². The van der Waals surface area contributed by atoms with Crippen molar-refractivity contribution in [3.05, 3.63) is 211 Å². The van der Waals surface area contributed by atoms with Gasteiger partial charge < -0.3 is 9.84 Å². The topological polar surface area (TPSA) is 89.8 Å². The standard InChI is InChI=1S/C27H19N3O.C15H10N2O.C12H10BrN/c1-18-14-19(25-7-4-5-11-28-25)16-21(15-18)31-20-9-10-22-23-6-2-3-8-26(23)30-13-12-29-27(30)24(22)17-20;18-10-5-6-11-12-3-1-2-4-14(12)17-8-7-16-15(17)13(11)9-10;1-9-6-10(8-11(13)7-9)12-4-2-3-5-14-12/h2-17H,1H3;1-9,18H;2-8H,1H3. The third kappa shape index (κ3) is 7.93. The van der Waals surface area contributed by atoms with Crippen molar-refractivity contribution >= 4 is 70.6 Å². The number of phenols is 1. The number of aromatic hydroxyl groups is 1. The van der Waals surface area contributed by atoms with E-state index in [2.05, 4.69) is 131 Å². The summed E-state index contributed by atoms with van der Waals surface area (Å²) in [6.45, 7) is 4.15. The number of benzene rings is 6. The van der Waals surface area contributed by atoms with Crippen molar-refractivity contribution in [2.45, 2.75) is 13.8 Å². The molecular weight excluding hydrogens is 845 g/mol. The first-order chi connectivity index (χ1) is 30.9. The van der Waals surface area contributed by atoms with Crippen molar-refractivity contribution in [2.75, 3.05) is 0 Å². The lowest BCUT2D eigenvalue weighted by molar-refractivity contribution is 0.476. The molecule has 0 fully saturated rings. The molecule has 12 aromatic rings. The van der Waals surface area contributed by atoms with Gasteiger partial charge in [0.2, 0.25) is 0 Å². The van der Waals surface area contributed by atoms with Gasteiger partial charge in [-0.3, -0.25) is 18.8 Å². The van der Waals surface area contributed by atoms with Crippen molar-refractivity contribution in [3.63, 3.8) is 0 Å². The number of hydrogen-bond donors (Lipinski definition) is 1. The van der Waals surface area contributed by atoms with E-state index in [4.69, 9.17) is 4.74 Å². The predicted molar refractivity (Wildman–Crippen MR) is 259 cm³/mol. The molecule has 12 rings (SSSR count). The minimum absolute atomic E-state index is 0.266. The smallest absolute Gasteiger partial charge is 0.145 e. The van der Waals surface area contributed by atoms with Crippen LogP contribution in [0.1, 0.15) is 11.1 Å². The Morgan fingerprint density at radius 2 is 0.984 bits per heavy atom. The second kappa shape index (κ2) is 16.9. The fourth-order valence-electron chi connectivity index (χ4n) is 8.22. The maximum Gasteiger partial charge on any atom is 0.145 e. The molecule has 1 N–H and O–H groups in total. The highest BCUT2D eigenvalue weighted by atomic mass is 79.9. The molecule has 6 heterocycles. The highest BCUT2D eigenvalue weighted by Crippen LogP contribution is 2.35. The van der Waals surface area contributed by atoms with Crippen LogP contribution in [0, 0.1) is 13.8 Å². The van der Waals surface area contributed by atoms with Crippen LogP contribution in [0.25, 0.3) is 77.2 Å². The summed E-state index contributed by atoms with van der Waals surface area (Å²) in [4.78, 5) is 17.8. The predicted octanol–water partition coefficient (Wildman–Crippen LogP) is 14.0. The first-order valence-electron chi connectivity index (χ1n) is 20.5. The van der Waals surface area contributed by atoms with E-state index < -0.39 is 0 Å². The molecule has 9 heteroatoms. The average Bonchev–Trinajstić information content (AvgIpc) is 4.02. The molecule has 0 atom stereocenters. The Kier molecular flexibility index (Phi) is 10.5. The number of aryl methyl sites for hydroxylation is 2. The molecule has 0 aliphatic heterocycles. The SMILES string of the molecule is Cc1cc(Br)cc(-c2ccccn2)c1.Cc1cc(Oc2ccc3c4ccccc4n4ccnc4c3c2)cc(-c2ccccn2)c1.Oc1ccc2c3ccccc3n3ccnc3c2c1. The fraction of sp³-hybridized carbons (Fsp3) is 0.0370. The molecule has 6 aromatic heterocycles. The van der Waals surface area contributed by atoms with E-state index in [1.807, 2.05) is 104 Å². The first kappa shape index (κ1) is 39.3. The van der Waals surface area contributed by atoms with Gasteiger partial charge in [0.05, 0.1) is 22.4 Å². The van der Waals surface area contributed by atoms with Crippen LogP contribution in [0.15, 0.2) is 199 Å². The van der Waals surface area contributed by atoms with Crippen molar-refractivity contribution < 1.29 is 9.84 Å². The Bertz CT molecular complexity index is 3590. The maximum atomic E-state index is 9.66. The summed E-state index contributed by atoms with van der Waals surface area (Å²) < 4.78 is 11.6. The lowest BCUT2D eigenvalue weighted by atomic mass is 10.1. The molecule has 0 radical (unpaired) electrons. The van der Waals surface area contributed by atoms with Gasteiger partial charge in [-0.2, -0.15) is 0 Å². The lowest BCUT2D eigenvalue weighted by Gasteiger charge is -2.12. The summed E-state index contributed by atoms with van der Waals surface area (Å²) in [5, 5.41) is 16.3. The molecule has 0 bridgehead atoms. The van der Waals surface area contributed by atoms with Gasteiger partial charge in [-0.15, -0.1) is 0 Å². The zero-order chi connectivity index (χ0) is 42.9. The highest BCUT2D eigenvalue weighted by Gasteiger charge is 2.12. The summed E-state index contributed by atoms with van der Waals surface area (Å²) in [5.74, 6) is 1.84. The number of halogens is 1. The van der Waals surface area contributed by atoms with Crippen LogP contribution >= 0.6 is 15.9 Å². The molecule has 0 spiro atoms. The van der Waals surface area contributed by atoms with Crippen molar-refractivity contribution in [1.29, 1.82) is 0 Å². The summed E-state index contributed by atoms with van der Waals surface area (Å²) >= 11 is 3.48. The summed E-state index contributed by atoms with van der Waals surface area (Å²) in [7, 11) is 0. The Balaban J connectivity index is 0.000000124. The number of aromatic nitrogens is 6. The second-order valence-corrected chi connectivity index (χ2v) is 16.2. The molecule has 0 aliphatic rings. The van der Waals surface area contributed by atoms with Gasteiger partial charge in [-0.05, 0) is 145 Å². The average molecular weight is 884 g/mol. The number of pyridine rings is 4. The van der Waals surface area contributed by atoms with E-state index in [1.54, 1.807) is 18.3 Å². The summed E-state index contributed by atoms with van der Waals surface area (Å²) in [6, 6.07) is 52.6. The molecular formula is C54H39BrN6O2. The molecule has 0 amide bonds. The van der Waals surface area contributed by atoms with Crippen molar-refractivity contribution in [2.24, 2.45) is 0 Å². The van der Waals surface area contributed by atoms with E-state index in [1.165, 1.54) is 16.3 Å². The Hall–Kier alpha value is -7.88. The number of imidazole rings is 2. The van der Waals surface area contributed by atoms with Crippen molar-refractivity contribution in [3.8, 4) is 39.8 Å². The Labute approximate surface area is 371 Å². The molecule has 0 saturated heterocycles. The molecule has 304 valence electrons. The van der Waals surface area contributed by atoms with Gasteiger partial charge >= 0.3 is 0 Å². The van der Waals surface area contributed by atoms with E-state index in [-0.39, 0.29) is 5.75 Å². The van der Waals surface area contributed by atoms with Crippen LogP contribution in [-0.2, 0) is 0 Å². The van der Waals surface area contributed by atoms with Gasteiger partial charge in [-0.1, -0.05) is 64.5 Å². The number of ether oxygens (including phenoxy) is 1. The van der Waals surface area contributed by atoms with Gasteiger partial charge in [0.1, 0.15) is 28.5 Å². The number of hydrogen-bond acceptors (Lipinski definition) is 6. The minimum atomic E-state index is 0.266. The van der Waals surface area contributed by atoms with Crippen LogP contribution in [0.5, 0.6) is 17.2 Å². The number of fused-ring (bicyclic) bond motifs is 12. The Morgan fingerprint density at radius 1 is 0.444 bits per heavy atom. The zero-order valence-electron chi connectivity index (χ0n) is 34.4. The third-order valence-electron chi connectivity index (χ3n) is 10.9. The fourth-order valence-corrected chi connectivity index (χ4v) is 8.83. The van der Waals surface area contributed by atoms with Gasteiger partial charge in [0.15, 0.2) is 0 Å². The number of nitrogens with zero attached hydrogens (tertiary/aromatic N) is 6. The van der Waals surface area contributed by atoms with E-state index >= 15 is 0 Å². The number of phenolic OH excluding ortho intramolecular Hbond substituents is 1. The highest BCUT2D eigenvalue weighted by molar-refractivity contribution is 9.10. The largest absolute Gasteiger partial charge is 0.508 e. The molecule has 6 aromatic carbocycles. The van der Waals surface area contributed by atoms with Crippen LogP contribution in [0.2, 0.25) is 0 Å². The van der Waals surface area contributed by atoms with E-state index in [0.717, 1.165) is 87.9 Å². The summed E-state index contributed by atoms with van der Waals surface area (Å²) in [6.07, 6.45) is 11.2. The molecule has 63 heavy (non-hydrogen) atoms. The van der Waals surface area contributed by atoms with Crippen LogP contribution < -0.4 is 4.74 Å².